The van der Waals surface area contributed by atoms with Crippen LogP contribution in [-0.4, -0.2) is 56.6 Å². The molecule has 0 spiro atoms. The number of fused-ring (bicyclic) bond motifs is 1. The predicted octanol–water partition coefficient (Wildman–Crippen LogP) is 3.80. The summed E-state index contributed by atoms with van der Waals surface area (Å²) in [4.78, 5) is 19.3. The topological polar surface area (TPSA) is 81.9 Å². The minimum Gasteiger partial charge on any atom is -0.385 e. The van der Waals surface area contributed by atoms with Crippen molar-refractivity contribution in [1.82, 2.24) is 19.6 Å². The summed E-state index contributed by atoms with van der Waals surface area (Å²) in [6, 6.07) is 4.76. The lowest BCUT2D eigenvalue weighted by atomic mass is 9.81. The summed E-state index contributed by atoms with van der Waals surface area (Å²) < 4.78 is 17.0. The summed E-state index contributed by atoms with van der Waals surface area (Å²) in [5.74, 6) is -0.729. The number of amides is 1. The van der Waals surface area contributed by atoms with Crippen LogP contribution in [0.3, 0.4) is 0 Å². The summed E-state index contributed by atoms with van der Waals surface area (Å²) in [5.41, 5.74) is 0.320. The average Bonchev–Trinajstić information content (AvgIpc) is 3.24. The number of nitrogens with one attached hydrogen (secondary N) is 2. The number of aliphatic hydroxyl groups is 1. The lowest BCUT2D eigenvalue weighted by molar-refractivity contribution is -0.108. The van der Waals surface area contributed by atoms with Crippen LogP contribution in [0.15, 0.2) is 36.8 Å². The third-order valence-electron chi connectivity index (χ3n) is 6.22. The van der Waals surface area contributed by atoms with E-state index in [9.17, 15) is 14.3 Å². The number of hydrogen-bond acceptors (Lipinski definition) is 5. The maximum atomic E-state index is 14.5. The molecule has 1 atom stereocenters. The van der Waals surface area contributed by atoms with Gasteiger partial charge in [0.1, 0.15) is 16.4 Å². The van der Waals surface area contributed by atoms with Gasteiger partial charge in [-0.2, -0.15) is 0 Å². The first-order chi connectivity index (χ1) is 15.4. The largest absolute Gasteiger partial charge is 0.385 e. The molecule has 2 saturated heterocycles. The number of anilines is 2. The molecule has 0 saturated carbocycles. The second kappa shape index (κ2) is 8.44. The van der Waals surface area contributed by atoms with E-state index >= 15 is 0 Å². The second-order valence-corrected chi connectivity index (χ2v) is 10.0. The highest BCUT2D eigenvalue weighted by atomic mass is 127. The van der Waals surface area contributed by atoms with Crippen LogP contribution in [0, 0.1) is 9.39 Å². The minimum absolute atomic E-state index is 0.0153. The molecule has 5 rings (SSSR count). The Hall–Kier alpha value is -1.95. The van der Waals surface area contributed by atoms with Crippen molar-refractivity contribution in [2.75, 3.05) is 25.0 Å². The van der Waals surface area contributed by atoms with E-state index in [4.69, 9.17) is 11.6 Å². The van der Waals surface area contributed by atoms with Gasteiger partial charge in [0.05, 0.1) is 30.0 Å². The number of rotatable bonds is 4. The molecule has 0 aliphatic carbocycles. The standard InChI is InChI=1S/C22H22ClFIN5O2/c23-18-19(28-16-5-4-13(25)9-15(16)24)14(10-29-8-7-27-20(18)29)21(31)30-11-22(32,12-30)17-3-1-2-6-26-17/h4-5,7-10,17,26,28,32H,1-3,6,11-12H2. The second-order valence-electron chi connectivity index (χ2n) is 8.41. The molecule has 2 aliphatic rings. The van der Waals surface area contributed by atoms with Gasteiger partial charge in [-0.05, 0) is 60.2 Å². The monoisotopic (exact) mass is 569 g/mol. The Morgan fingerprint density at radius 2 is 2.19 bits per heavy atom. The van der Waals surface area contributed by atoms with Crippen LogP contribution in [0.4, 0.5) is 15.8 Å². The van der Waals surface area contributed by atoms with Crippen molar-refractivity contribution in [3.05, 3.63) is 56.8 Å². The number of carbonyl (C=O) groups is 1. The van der Waals surface area contributed by atoms with E-state index in [1.54, 1.807) is 40.0 Å². The van der Waals surface area contributed by atoms with Crippen LogP contribution in [0.25, 0.3) is 5.65 Å². The molecular formula is C22H22ClFIN5O2. The zero-order valence-corrected chi connectivity index (χ0v) is 20.0. The lowest BCUT2D eigenvalue weighted by Crippen LogP contribution is -2.72. The molecule has 3 N–H and O–H groups in total. The number of carbonyl (C=O) groups excluding carboxylic acids is 1. The molecule has 1 amide bonds. The number of nitrogens with zero attached hydrogens (tertiary/aromatic N) is 3. The molecule has 7 nitrogen and oxygen atoms in total. The first kappa shape index (κ1) is 21.9. The summed E-state index contributed by atoms with van der Waals surface area (Å²) in [5, 5.41) is 17.6. The Labute approximate surface area is 203 Å². The molecule has 2 fully saturated rings. The molecule has 3 aromatic rings. The predicted molar refractivity (Wildman–Crippen MR) is 129 cm³/mol. The van der Waals surface area contributed by atoms with Gasteiger partial charge in [0.15, 0.2) is 5.65 Å². The highest BCUT2D eigenvalue weighted by molar-refractivity contribution is 14.1. The van der Waals surface area contributed by atoms with E-state index in [0.717, 1.165) is 29.4 Å². The Morgan fingerprint density at radius 3 is 2.91 bits per heavy atom. The van der Waals surface area contributed by atoms with Crippen LogP contribution in [0.2, 0.25) is 5.02 Å². The third-order valence-corrected chi connectivity index (χ3v) is 7.25. The van der Waals surface area contributed by atoms with E-state index in [1.807, 2.05) is 22.6 Å². The van der Waals surface area contributed by atoms with Gasteiger partial charge in [-0.25, -0.2) is 9.37 Å². The SMILES string of the molecule is O=C(c1cn2ccnc2c(Cl)c1Nc1ccc(I)cc1F)N1CC(O)(C2CCCCN2)C1. The first-order valence-electron chi connectivity index (χ1n) is 10.5. The fourth-order valence-electron chi connectivity index (χ4n) is 4.49. The van der Waals surface area contributed by atoms with Crippen molar-refractivity contribution < 1.29 is 14.3 Å². The van der Waals surface area contributed by atoms with Crippen LogP contribution >= 0.6 is 34.2 Å². The fourth-order valence-corrected chi connectivity index (χ4v) is 5.24. The molecular weight excluding hydrogens is 548 g/mol. The van der Waals surface area contributed by atoms with Gasteiger partial charge < -0.3 is 25.0 Å². The van der Waals surface area contributed by atoms with Crippen molar-refractivity contribution in [3.8, 4) is 0 Å². The number of pyridine rings is 1. The fraction of sp³-hybridized carbons (Fsp3) is 0.364. The molecule has 2 aromatic heterocycles. The van der Waals surface area contributed by atoms with Crippen LogP contribution in [-0.2, 0) is 0 Å². The molecule has 32 heavy (non-hydrogen) atoms. The van der Waals surface area contributed by atoms with E-state index < -0.39 is 11.4 Å². The molecule has 0 radical (unpaired) electrons. The molecule has 1 aromatic carbocycles. The van der Waals surface area contributed by atoms with Crippen LogP contribution in [0.5, 0.6) is 0 Å². The van der Waals surface area contributed by atoms with Crippen LogP contribution in [0.1, 0.15) is 29.6 Å². The maximum Gasteiger partial charge on any atom is 0.257 e. The van der Waals surface area contributed by atoms with Crippen molar-refractivity contribution in [2.45, 2.75) is 30.9 Å². The molecule has 4 heterocycles. The lowest BCUT2D eigenvalue weighted by Gasteiger charge is -2.51. The quantitative estimate of drug-likeness (QED) is 0.417. The Balaban J connectivity index is 1.46. The molecule has 168 valence electrons. The molecule has 1 unspecified atom stereocenters. The number of likely N-dealkylation sites (tertiary alicyclic amines) is 1. The number of β-amino-alcohol motifs (C(OH)–C–C–N with tert-alkyl or cyclic N) is 1. The zero-order chi connectivity index (χ0) is 22.5. The average molecular weight is 570 g/mol. The Kier molecular flexibility index (Phi) is 5.77. The van der Waals surface area contributed by atoms with Gasteiger partial charge in [-0.15, -0.1) is 0 Å². The Bertz CT molecular complexity index is 1190. The van der Waals surface area contributed by atoms with Crippen LogP contribution < -0.4 is 10.6 Å². The zero-order valence-electron chi connectivity index (χ0n) is 17.1. The molecule has 0 bridgehead atoms. The van der Waals surface area contributed by atoms with E-state index in [1.165, 1.54) is 6.07 Å². The van der Waals surface area contributed by atoms with Gasteiger partial charge in [-0.3, -0.25) is 4.79 Å². The van der Waals surface area contributed by atoms with Crippen molar-refractivity contribution >= 4 is 57.1 Å². The number of aromatic nitrogens is 2. The van der Waals surface area contributed by atoms with Gasteiger partial charge in [0.25, 0.3) is 5.91 Å². The highest BCUT2D eigenvalue weighted by Crippen LogP contribution is 2.36. The van der Waals surface area contributed by atoms with Gasteiger partial charge in [-0.1, -0.05) is 18.0 Å². The molecule has 2 aliphatic heterocycles. The summed E-state index contributed by atoms with van der Waals surface area (Å²) in [7, 11) is 0. The van der Waals surface area contributed by atoms with Crippen molar-refractivity contribution in [1.29, 1.82) is 0 Å². The van der Waals surface area contributed by atoms with Gasteiger partial charge in [0.2, 0.25) is 0 Å². The highest BCUT2D eigenvalue weighted by Gasteiger charge is 2.49. The smallest absolute Gasteiger partial charge is 0.257 e. The summed E-state index contributed by atoms with van der Waals surface area (Å²) >= 11 is 8.64. The summed E-state index contributed by atoms with van der Waals surface area (Å²) in [6.45, 7) is 1.35. The van der Waals surface area contributed by atoms with Gasteiger partial charge in [0, 0.05) is 28.2 Å². The minimum atomic E-state index is -0.936. The first-order valence-corrected chi connectivity index (χ1v) is 11.9. The summed E-state index contributed by atoms with van der Waals surface area (Å²) in [6.07, 6.45) is 7.98. The third kappa shape index (κ3) is 3.85. The van der Waals surface area contributed by atoms with Crippen molar-refractivity contribution in [2.24, 2.45) is 0 Å². The molecule has 10 heteroatoms. The number of imidazole rings is 1. The maximum absolute atomic E-state index is 14.5. The number of hydrogen-bond donors (Lipinski definition) is 3. The van der Waals surface area contributed by atoms with Crippen molar-refractivity contribution in [3.63, 3.8) is 0 Å². The van der Waals surface area contributed by atoms with E-state index in [0.29, 0.717) is 11.3 Å². The van der Waals surface area contributed by atoms with Gasteiger partial charge >= 0.3 is 0 Å². The normalized spacial score (nSPS) is 20.2. The number of benzene rings is 1. The van der Waals surface area contributed by atoms with E-state index in [-0.39, 0.29) is 41.3 Å². The Morgan fingerprint density at radius 1 is 1.38 bits per heavy atom. The van der Waals surface area contributed by atoms with E-state index in [2.05, 4.69) is 15.6 Å². The number of halogens is 3. The number of piperidine rings is 1.